The molecule has 0 unspecified atom stereocenters. The molecule has 0 aliphatic rings. The van der Waals surface area contributed by atoms with Crippen LogP contribution in [0.5, 0.6) is 0 Å². The average Bonchev–Trinajstić information content (AvgIpc) is 2.87. The minimum Gasteiger partial charge on any atom is -0.464 e. The van der Waals surface area contributed by atoms with Crippen LogP contribution in [0.15, 0.2) is 63.8 Å². The van der Waals surface area contributed by atoms with Gasteiger partial charge in [-0.3, -0.25) is 4.79 Å². The van der Waals surface area contributed by atoms with Gasteiger partial charge in [0, 0.05) is 25.5 Å². The van der Waals surface area contributed by atoms with Gasteiger partial charge in [0.25, 0.3) is 0 Å². The van der Waals surface area contributed by atoms with Gasteiger partial charge in [-0.2, -0.15) is 0 Å². The number of hydrogen-bond acceptors (Lipinski definition) is 7. The number of rotatable bonds is 12. The normalized spacial score (nSPS) is 12.2. The van der Waals surface area contributed by atoms with Crippen LogP contribution < -0.4 is 10.7 Å². The van der Waals surface area contributed by atoms with Crippen LogP contribution in [-0.2, 0) is 38.5 Å². The van der Waals surface area contributed by atoms with E-state index in [1.165, 1.54) is 6.07 Å². The lowest BCUT2D eigenvalue weighted by Gasteiger charge is -2.21. The molecule has 8 nitrogen and oxygen atoms in total. The number of hydrogen-bond donors (Lipinski definition) is 1. The van der Waals surface area contributed by atoms with E-state index in [0.717, 1.165) is 12.0 Å². The lowest BCUT2D eigenvalue weighted by Crippen LogP contribution is -2.44. The molecule has 0 radical (unpaired) electrons. The van der Waals surface area contributed by atoms with E-state index >= 15 is 0 Å². The van der Waals surface area contributed by atoms with Crippen LogP contribution in [0.4, 0.5) is 4.79 Å². The monoisotopic (exact) mass is 523 g/mol. The summed E-state index contributed by atoms with van der Waals surface area (Å²) in [6.45, 7) is 8.99. The van der Waals surface area contributed by atoms with Crippen molar-refractivity contribution in [2.45, 2.75) is 59.6 Å². The largest absolute Gasteiger partial charge is 0.464 e. The van der Waals surface area contributed by atoms with Gasteiger partial charge in [0.2, 0.25) is 0 Å². The van der Waals surface area contributed by atoms with Crippen LogP contribution in [0.25, 0.3) is 11.0 Å². The van der Waals surface area contributed by atoms with Crippen molar-refractivity contribution in [3.05, 3.63) is 81.7 Å². The molecular formula is C30H37NO7. The zero-order chi connectivity index (χ0) is 27.5. The molecule has 0 spiro atoms. The Kier molecular flexibility index (Phi) is 10.5. The molecule has 0 aliphatic carbocycles. The lowest BCUT2D eigenvalue weighted by atomic mass is 9.99. The van der Waals surface area contributed by atoms with E-state index in [-0.39, 0.29) is 30.5 Å². The molecule has 0 saturated carbocycles. The van der Waals surface area contributed by atoms with E-state index in [0.29, 0.717) is 41.9 Å². The molecule has 1 amide bonds. The molecule has 1 heterocycles. The van der Waals surface area contributed by atoms with Gasteiger partial charge in [0.05, 0.1) is 25.2 Å². The smallest absolute Gasteiger partial charge is 0.407 e. The minimum atomic E-state index is -0.956. The summed E-state index contributed by atoms with van der Waals surface area (Å²) >= 11 is 0. The Bertz CT molecular complexity index is 1260. The average molecular weight is 524 g/mol. The molecule has 1 atom stereocenters. The van der Waals surface area contributed by atoms with Crippen molar-refractivity contribution in [3.8, 4) is 0 Å². The van der Waals surface area contributed by atoms with Crippen LogP contribution in [-0.4, -0.2) is 37.9 Å². The molecule has 0 aliphatic heterocycles. The molecule has 3 rings (SSSR count). The maximum absolute atomic E-state index is 12.8. The highest BCUT2D eigenvalue weighted by molar-refractivity contribution is 5.82. The van der Waals surface area contributed by atoms with E-state index < -0.39 is 18.1 Å². The van der Waals surface area contributed by atoms with Crippen molar-refractivity contribution in [3.63, 3.8) is 0 Å². The highest BCUT2D eigenvalue weighted by atomic mass is 16.6. The summed E-state index contributed by atoms with van der Waals surface area (Å²) in [6.07, 6.45) is 0.736. The highest BCUT2D eigenvalue weighted by Gasteiger charge is 2.24. The molecule has 0 saturated heterocycles. The molecular weight excluding hydrogens is 486 g/mol. The molecule has 1 N–H and O–H groups in total. The molecule has 8 heteroatoms. The first-order chi connectivity index (χ1) is 18.1. The zero-order valence-corrected chi connectivity index (χ0v) is 22.6. The van der Waals surface area contributed by atoms with Crippen molar-refractivity contribution in [1.29, 1.82) is 0 Å². The number of amides is 1. The van der Waals surface area contributed by atoms with E-state index in [1.54, 1.807) is 25.1 Å². The summed E-state index contributed by atoms with van der Waals surface area (Å²) in [5.74, 6) is 0.0170. The second kappa shape index (κ2) is 13.8. The van der Waals surface area contributed by atoms with Gasteiger partial charge in [-0.15, -0.1) is 0 Å². The first-order valence-corrected chi connectivity index (χ1v) is 12.9. The fraction of sp³-hybridized carbons (Fsp3) is 0.433. The number of fused-ring (bicyclic) bond motifs is 1. The summed E-state index contributed by atoms with van der Waals surface area (Å²) in [7, 11) is 0. The molecule has 0 bridgehead atoms. The number of aryl methyl sites for hydroxylation is 1. The standard InChI is InChI=1S/C30H37NO7/c1-5-36-28(33)25(31-29(34)37-20-30(2,3)4)17-22-13-14-27-24(16-22)26(32)18-23(38-27)12-9-15-35-19-21-10-7-6-8-11-21/h6-8,10-11,13-14,16,18,25H,5,9,12,15,17,19-20H2,1-4H3,(H,31,34)/t25-/m0/s1. The van der Waals surface area contributed by atoms with Gasteiger partial charge in [-0.25, -0.2) is 9.59 Å². The molecule has 1 aromatic heterocycles. The number of carbonyl (C=O) groups excluding carboxylic acids is 2. The minimum absolute atomic E-state index is 0.138. The second-order valence-electron chi connectivity index (χ2n) is 10.3. The topological polar surface area (TPSA) is 104 Å². The number of esters is 1. The predicted octanol–water partition coefficient (Wildman–Crippen LogP) is 5.19. The Labute approximate surface area is 223 Å². The van der Waals surface area contributed by atoms with Gasteiger partial charge >= 0.3 is 12.1 Å². The Morgan fingerprint density at radius 2 is 1.76 bits per heavy atom. The van der Waals surface area contributed by atoms with Crippen LogP contribution in [0.3, 0.4) is 0 Å². The summed E-state index contributed by atoms with van der Waals surface area (Å²) < 4.78 is 22.0. The van der Waals surface area contributed by atoms with Crippen molar-refractivity contribution in [2.24, 2.45) is 5.41 Å². The molecule has 38 heavy (non-hydrogen) atoms. The Hall–Kier alpha value is -3.65. The third-order valence-electron chi connectivity index (χ3n) is 5.61. The van der Waals surface area contributed by atoms with Gasteiger partial charge < -0.3 is 23.9 Å². The summed E-state index contributed by atoms with van der Waals surface area (Å²) in [5.41, 5.74) is 1.88. The maximum Gasteiger partial charge on any atom is 0.407 e. The van der Waals surface area contributed by atoms with Gasteiger partial charge in [0.15, 0.2) is 5.43 Å². The number of ether oxygens (including phenoxy) is 3. The van der Waals surface area contributed by atoms with E-state index in [9.17, 15) is 14.4 Å². The third-order valence-corrected chi connectivity index (χ3v) is 5.61. The summed E-state index contributed by atoms with van der Waals surface area (Å²) in [4.78, 5) is 37.6. The third kappa shape index (κ3) is 9.34. The van der Waals surface area contributed by atoms with E-state index in [4.69, 9.17) is 18.6 Å². The van der Waals surface area contributed by atoms with Crippen molar-refractivity contribution >= 4 is 23.0 Å². The molecule has 2 aromatic carbocycles. The molecule has 0 fully saturated rings. The number of nitrogens with one attached hydrogen (secondary N) is 1. The lowest BCUT2D eigenvalue weighted by molar-refractivity contribution is -0.145. The summed E-state index contributed by atoms with van der Waals surface area (Å²) in [6, 6.07) is 15.6. The maximum atomic E-state index is 12.8. The molecule has 3 aromatic rings. The molecule has 204 valence electrons. The van der Waals surface area contributed by atoms with Crippen molar-refractivity contribution in [1.82, 2.24) is 5.32 Å². The van der Waals surface area contributed by atoms with Gasteiger partial charge in [-0.1, -0.05) is 57.2 Å². The second-order valence-corrected chi connectivity index (χ2v) is 10.3. The Balaban J connectivity index is 1.62. The first kappa shape index (κ1) is 28.9. The first-order valence-electron chi connectivity index (χ1n) is 12.9. The van der Waals surface area contributed by atoms with Crippen LogP contribution >= 0.6 is 0 Å². The quantitative estimate of drug-likeness (QED) is 0.257. The number of alkyl carbamates (subject to hydrolysis) is 1. The Morgan fingerprint density at radius 3 is 2.47 bits per heavy atom. The van der Waals surface area contributed by atoms with Crippen LogP contribution in [0.2, 0.25) is 0 Å². The fourth-order valence-corrected chi connectivity index (χ4v) is 3.75. The van der Waals surface area contributed by atoms with Gasteiger partial charge in [0.1, 0.15) is 17.4 Å². The highest BCUT2D eigenvalue weighted by Crippen LogP contribution is 2.18. The summed E-state index contributed by atoms with van der Waals surface area (Å²) in [5, 5.41) is 3.00. The van der Waals surface area contributed by atoms with Crippen molar-refractivity contribution in [2.75, 3.05) is 19.8 Å². The fourth-order valence-electron chi connectivity index (χ4n) is 3.75. The van der Waals surface area contributed by atoms with Crippen LogP contribution in [0.1, 0.15) is 51.0 Å². The van der Waals surface area contributed by atoms with Crippen molar-refractivity contribution < 1.29 is 28.2 Å². The van der Waals surface area contributed by atoms with E-state index in [1.807, 2.05) is 51.1 Å². The van der Waals surface area contributed by atoms with Crippen LogP contribution in [0, 0.1) is 5.41 Å². The SMILES string of the molecule is CCOC(=O)[C@H](Cc1ccc2oc(CCCOCc3ccccc3)cc(=O)c2c1)NC(=O)OCC(C)(C)C. The Morgan fingerprint density at radius 1 is 1.00 bits per heavy atom. The predicted molar refractivity (Wildman–Crippen MR) is 145 cm³/mol. The zero-order valence-electron chi connectivity index (χ0n) is 22.6. The number of carbonyl (C=O) groups is 2. The number of benzene rings is 2. The van der Waals surface area contributed by atoms with Gasteiger partial charge in [-0.05, 0) is 42.0 Å². The van der Waals surface area contributed by atoms with E-state index in [2.05, 4.69) is 5.32 Å².